The molecule has 166 valence electrons. The van der Waals surface area contributed by atoms with Crippen molar-refractivity contribution in [2.75, 3.05) is 37.7 Å². The zero-order chi connectivity index (χ0) is 22.1. The van der Waals surface area contributed by atoms with Gasteiger partial charge in [-0.15, -0.1) is 0 Å². The van der Waals surface area contributed by atoms with Gasteiger partial charge >= 0.3 is 0 Å². The monoisotopic (exact) mass is 427 g/mol. The summed E-state index contributed by atoms with van der Waals surface area (Å²) in [7, 11) is 3.38. The number of hydrogen-bond acceptors (Lipinski definition) is 6. The highest BCUT2D eigenvalue weighted by atomic mass is 33.1. The summed E-state index contributed by atoms with van der Waals surface area (Å²) >= 11 is 0. The minimum atomic E-state index is -0.426. The van der Waals surface area contributed by atoms with E-state index in [0.29, 0.717) is 19.6 Å². The van der Waals surface area contributed by atoms with Gasteiger partial charge in [-0.3, -0.25) is 9.59 Å². The van der Waals surface area contributed by atoms with E-state index in [4.69, 9.17) is 10.8 Å². The number of carbonyl (C=O) groups excluding carboxylic acids is 2. The molecule has 0 aromatic heterocycles. The molecule has 0 bridgehead atoms. The number of carbonyl (C=O) groups is 2. The zero-order valence-electron chi connectivity index (χ0n) is 18.8. The molecule has 8 heteroatoms. The molecule has 0 aliphatic heterocycles. The second-order valence-corrected chi connectivity index (χ2v) is 8.08. The highest BCUT2D eigenvalue weighted by Gasteiger charge is 2.20. The first kappa shape index (κ1) is 34.1. The van der Waals surface area contributed by atoms with Gasteiger partial charge in [-0.25, -0.2) is 0 Å². The largest absolute Gasteiger partial charge is 0.396 e. The summed E-state index contributed by atoms with van der Waals surface area (Å²) in [5.74, 6) is 1.54. The van der Waals surface area contributed by atoms with Gasteiger partial charge < -0.3 is 21.5 Å². The molecule has 0 saturated carbocycles. The van der Waals surface area contributed by atoms with Gasteiger partial charge in [0.2, 0.25) is 11.8 Å². The molecule has 0 fully saturated rings. The van der Waals surface area contributed by atoms with Crippen molar-refractivity contribution in [1.82, 2.24) is 10.6 Å². The minimum absolute atomic E-state index is 0.0409. The standard InChI is InChI=1S/C13H27N3O3S2.3C2H6/c1-13(2,10-17)9-12(19)15-5-3-11(18)16-6-8-21-20-7-4-14;3*1-2/h17H,3-10,14H2,1-2H3,(H,15,19)(H,16,18);3*1-2H3. The van der Waals surface area contributed by atoms with Gasteiger partial charge in [-0.05, 0) is 5.41 Å². The second-order valence-electron chi connectivity index (χ2n) is 5.38. The van der Waals surface area contributed by atoms with E-state index in [9.17, 15) is 9.59 Å². The van der Waals surface area contributed by atoms with Crippen molar-refractivity contribution in [3.63, 3.8) is 0 Å². The van der Waals surface area contributed by atoms with E-state index < -0.39 is 5.41 Å². The quantitative estimate of drug-likeness (QED) is 0.281. The van der Waals surface area contributed by atoms with Crippen molar-refractivity contribution in [3.8, 4) is 0 Å². The van der Waals surface area contributed by atoms with E-state index >= 15 is 0 Å². The molecule has 0 aromatic rings. The molecule has 0 spiro atoms. The zero-order valence-corrected chi connectivity index (χ0v) is 20.4. The number of rotatable bonds is 12. The summed E-state index contributed by atoms with van der Waals surface area (Å²) in [6, 6.07) is 0. The van der Waals surface area contributed by atoms with Crippen LogP contribution in [0.25, 0.3) is 0 Å². The van der Waals surface area contributed by atoms with Gasteiger partial charge in [0.05, 0.1) is 0 Å². The molecule has 0 radical (unpaired) electrons. The fraction of sp³-hybridized carbons (Fsp3) is 0.895. The third-order valence-electron chi connectivity index (χ3n) is 2.53. The molecule has 2 amide bonds. The Labute approximate surface area is 176 Å². The molecular formula is C19H45N3O3S2. The van der Waals surface area contributed by atoms with Crippen LogP contribution < -0.4 is 16.4 Å². The number of hydrogen-bond donors (Lipinski definition) is 4. The predicted molar refractivity (Wildman–Crippen MR) is 124 cm³/mol. The van der Waals surface area contributed by atoms with Crippen LogP contribution in [0, 0.1) is 5.41 Å². The Bertz CT molecular complexity index is 319. The highest BCUT2D eigenvalue weighted by molar-refractivity contribution is 8.76. The van der Waals surface area contributed by atoms with Crippen molar-refractivity contribution in [2.45, 2.75) is 68.2 Å². The van der Waals surface area contributed by atoms with Crippen LogP contribution in [0.4, 0.5) is 0 Å². The van der Waals surface area contributed by atoms with Gasteiger partial charge in [0, 0.05) is 50.6 Å². The lowest BCUT2D eigenvalue weighted by Crippen LogP contribution is -2.34. The Morgan fingerprint density at radius 3 is 1.85 bits per heavy atom. The number of nitrogens with one attached hydrogen (secondary N) is 2. The van der Waals surface area contributed by atoms with Crippen molar-refractivity contribution >= 4 is 33.4 Å². The van der Waals surface area contributed by atoms with Crippen molar-refractivity contribution in [2.24, 2.45) is 11.1 Å². The first-order chi connectivity index (χ1) is 12.9. The number of nitrogens with two attached hydrogens (primary N) is 1. The average molecular weight is 428 g/mol. The molecule has 0 atom stereocenters. The Kier molecular flexibility index (Phi) is 35.1. The third-order valence-corrected chi connectivity index (χ3v) is 4.97. The van der Waals surface area contributed by atoms with E-state index in [-0.39, 0.29) is 31.3 Å². The number of aliphatic hydroxyl groups is 1. The summed E-state index contributed by atoms with van der Waals surface area (Å²) in [5.41, 5.74) is 4.94. The smallest absolute Gasteiger partial charge is 0.221 e. The van der Waals surface area contributed by atoms with Crippen LogP contribution in [0.5, 0.6) is 0 Å². The lowest BCUT2D eigenvalue weighted by atomic mass is 9.90. The molecule has 0 aliphatic rings. The van der Waals surface area contributed by atoms with Crippen molar-refractivity contribution in [1.29, 1.82) is 0 Å². The van der Waals surface area contributed by atoms with Gasteiger partial charge in [-0.1, -0.05) is 77.0 Å². The number of amides is 2. The number of aliphatic hydroxyl groups excluding tert-OH is 1. The van der Waals surface area contributed by atoms with Crippen LogP contribution in [0.2, 0.25) is 0 Å². The van der Waals surface area contributed by atoms with Crippen LogP contribution in [0.15, 0.2) is 0 Å². The molecule has 0 heterocycles. The molecule has 0 aliphatic carbocycles. The van der Waals surface area contributed by atoms with Crippen LogP contribution in [-0.4, -0.2) is 54.7 Å². The Morgan fingerprint density at radius 2 is 1.37 bits per heavy atom. The molecule has 5 N–H and O–H groups in total. The highest BCUT2D eigenvalue weighted by Crippen LogP contribution is 2.19. The summed E-state index contributed by atoms with van der Waals surface area (Å²) in [6.07, 6.45) is 0.520. The molecule has 0 saturated heterocycles. The molecule has 0 aromatic carbocycles. The van der Waals surface area contributed by atoms with Crippen LogP contribution >= 0.6 is 21.6 Å². The van der Waals surface area contributed by atoms with E-state index in [1.807, 2.05) is 55.4 Å². The normalized spacial score (nSPS) is 9.41. The van der Waals surface area contributed by atoms with Gasteiger partial charge in [0.1, 0.15) is 0 Å². The maximum Gasteiger partial charge on any atom is 0.221 e. The van der Waals surface area contributed by atoms with Gasteiger partial charge in [0.15, 0.2) is 0 Å². The second kappa shape index (κ2) is 27.8. The summed E-state index contributed by atoms with van der Waals surface area (Å²) in [6.45, 7) is 17.2. The van der Waals surface area contributed by atoms with Crippen molar-refractivity contribution in [3.05, 3.63) is 0 Å². The fourth-order valence-electron chi connectivity index (χ4n) is 1.35. The van der Waals surface area contributed by atoms with E-state index in [2.05, 4.69) is 10.6 Å². The summed E-state index contributed by atoms with van der Waals surface area (Å²) < 4.78 is 0. The van der Waals surface area contributed by atoms with E-state index in [1.165, 1.54) is 0 Å². The Balaban J connectivity index is -0.000000397. The van der Waals surface area contributed by atoms with Crippen LogP contribution in [-0.2, 0) is 9.59 Å². The minimum Gasteiger partial charge on any atom is -0.396 e. The molecule has 27 heavy (non-hydrogen) atoms. The maximum absolute atomic E-state index is 11.6. The Hall–Kier alpha value is -0.440. The van der Waals surface area contributed by atoms with E-state index in [1.54, 1.807) is 21.6 Å². The van der Waals surface area contributed by atoms with Crippen LogP contribution in [0.3, 0.4) is 0 Å². The van der Waals surface area contributed by atoms with Gasteiger partial charge in [0.25, 0.3) is 0 Å². The predicted octanol–water partition coefficient (Wildman–Crippen LogP) is 3.44. The fourth-order valence-corrected chi connectivity index (χ4v) is 3.12. The Morgan fingerprint density at radius 1 is 0.889 bits per heavy atom. The average Bonchev–Trinajstić information content (AvgIpc) is 2.69. The lowest BCUT2D eigenvalue weighted by molar-refractivity contribution is -0.124. The third kappa shape index (κ3) is 30.5. The summed E-state index contributed by atoms with van der Waals surface area (Å²) in [4.78, 5) is 23.1. The first-order valence-electron chi connectivity index (χ1n) is 10.00. The van der Waals surface area contributed by atoms with Gasteiger partial charge in [-0.2, -0.15) is 0 Å². The first-order valence-corrected chi connectivity index (χ1v) is 12.5. The van der Waals surface area contributed by atoms with Crippen LogP contribution in [0.1, 0.15) is 68.2 Å². The topological polar surface area (TPSA) is 104 Å². The van der Waals surface area contributed by atoms with Crippen molar-refractivity contribution < 1.29 is 14.7 Å². The van der Waals surface area contributed by atoms with E-state index in [0.717, 1.165) is 11.5 Å². The SMILES string of the molecule is CC.CC.CC.CC(C)(CO)CC(=O)NCCC(=O)NCCSSCCN. The molecule has 6 nitrogen and oxygen atoms in total. The lowest BCUT2D eigenvalue weighted by Gasteiger charge is -2.20. The maximum atomic E-state index is 11.6. The molecule has 0 unspecified atom stereocenters. The summed E-state index contributed by atoms with van der Waals surface area (Å²) in [5, 5.41) is 14.6. The molecule has 0 rings (SSSR count). The molecular weight excluding hydrogens is 382 g/mol.